The predicted molar refractivity (Wildman–Crippen MR) is 193 cm³/mol. The molecule has 0 aliphatic heterocycles. The molecule has 0 nitrogen and oxygen atoms in total. The number of hydrogen-bond donors (Lipinski definition) is 0. The molecule has 0 unspecified atom stereocenters. The van der Waals surface area contributed by atoms with Gasteiger partial charge in [0.25, 0.3) is 0 Å². The average Bonchev–Trinajstić information content (AvgIpc) is 2.95. The molecule has 216 valence electrons. The van der Waals surface area contributed by atoms with Crippen molar-refractivity contribution in [1.82, 2.24) is 0 Å². The summed E-state index contributed by atoms with van der Waals surface area (Å²) in [6.45, 7) is 23.2. The lowest BCUT2D eigenvalue weighted by Gasteiger charge is -2.29. The minimum Gasteiger partial charge on any atom is -0.0681 e. The second kappa shape index (κ2) is 10.4. The summed E-state index contributed by atoms with van der Waals surface area (Å²) in [6.07, 6.45) is 0. The highest BCUT2D eigenvalue weighted by Gasteiger charge is 2.29. The SMILES string of the molecule is Cc1cc(B(c2cc(C(C)(C)C)cc(C(C)(C)C)c2)c2cc3c4ccccc4c(C)cc3c3ccccc23)cc(C)c1C. The Labute approximate surface area is 259 Å². The van der Waals surface area contributed by atoms with Crippen molar-refractivity contribution >= 4 is 55.4 Å². The molecule has 0 aliphatic rings. The standard InChI is InChI=1S/C42H45B/c1-26-19-32(20-27(2)29(26)4)43(33-23-30(41(5,6)7)22-31(24-33)42(8,9)10)40-25-39-35-16-12-11-15-34(35)28(3)21-38(39)36-17-13-14-18-37(36)40/h11-25H,1-10H3. The van der Waals surface area contributed by atoms with Crippen LogP contribution < -0.4 is 16.4 Å². The lowest BCUT2D eigenvalue weighted by molar-refractivity contribution is 0.569. The number of benzene rings is 6. The molecule has 0 aliphatic carbocycles. The first-order valence-corrected chi connectivity index (χ1v) is 15.8. The van der Waals surface area contributed by atoms with Crippen LogP contribution in [0.2, 0.25) is 0 Å². The van der Waals surface area contributed by atoms with Gasteiger partial charge in [0.2, 0.25) is 6.71 Å². The lowest BCUT2D eigenvalue weighted by Crippen LogP contribution is -2.53. The van der Waals surface area contributed by atoms with Crippen molar-refractivity contribution in [1.29, 1.82) is 0 Å². The van der Waals surface area contributed by atoms with Gasteiger partial charge in [-0.1, -0.05) is 149 Å². The zero-order chi connectivity index (χ0) is 30.8. The number of fused-ring (bicyclic) bond motifs is 5. The summed E-state index contributed by atoms with van der Waals surface area (Å²) in [7, 11) is 0. The highest BCUT2D eigenvalue weighted by Crippen LogP contribution is 2.34. The van der Waals surface area contributed by atoms with Crippen LogP contribution in [0.5, 0.6) is 0 Å². The third kappa shape index (κ3) is 5.18. The van der Waals surface area contributed by atoms with Crippen molar-refractivity contribution in [3.05, 3.63) is 124 Å². The predicted octanol–water partition coefficient (Wildman–Crippen LogP) is 9.49. The molecule has 0 bridgehead atoms. The van der Waals surface area contributed by atoms with Crippen LogP contribution in [-0.4, -0.2) is 6.71 Å². The van der Waals surface area contributed by atoms with Gasteiger partial charge in [-0.3, -0.25) is 0 Å². The Morgan fingerprint density at radius 3 is 1.40 bits per heavy atom. The molecule has 0 heterocycles. The molecule has 6 aromatic rings. The first kappa shape index (κ1) is 29.2. The first-order chi connectivity index (χ1) is 20.2. The van der Waals surface area contributed by atoms with Crippen molar-refractivity contribution in [2.24, 2.45) is 0 Å². The van der Waals surface area contributed by atoms with E-state index in [0.29, 0.717) is 0 Å². The van der Waals surface area contributed by atoms with Gasteiger partial charge in [-0.25, -0.2) is 0 Å². The van der Waals surface area contributed by atoms with E-state index in [0.717, 1.165) is 0 Å². The van der Waals surface area contributed by atoms with Crippen molar-refractivity contribution < 1.29 is 0 Å². The van der Waals surface area contributed by atoms with E-state index in [2.05, 4.69) is 160 Å². The molecule has 6 aromatic carbocycles. The molecule has 0 N–H and O–H groups in total. The maximum Gasteiger partial charge on any atom is 0.242 e. The molecule has 0 aromatic heterocycles. The lowest BCUT2D eigenvalue weighted by atomic mass is 9.35. The average molecular weight is 561 g/mol. The van der Waals surface area contributed by atoms with Gasteiger partial charge >= 0.3 is 0 Å². The molecular weight excluding hydrogens is 515 g/mol. The van der Waals surface area contributed by atoms with Crippen LogP contribution in [0.3, 0.4) is 0 Å². The number of aryl methyl sites for hydroxylation is 3. The van der Waals surface area contributed by atoms with Gasteiger partial charge in [0.1, 0.15) is 0 Å². The molecule has 0 spiro atoms. The van der Waals surface area contributed by atoms with Crippen molar-refractivity contribution in [3.63, 3.8) is 0 Å². The van der Waals surface area contributed by atoms with Crippen molar-refractivity contribution in [2.75, 3.05) is 0 Å². The van der Waals surface area contributed by atoms with Gasteiger partial charge in [-0.05, 0) is 104 Å². The maximum absolute atomic E-state index is 2.52. The fraction of sp³-hybridized carbons (Fsp3) is 0.286. The zero-order valence-corrected chi connectivity index (χ0v) is 27.7. The number of rotatable bonds is 3. The molecule has 0 radical (unpaired) electrons. The Bertz CT molecular complexity index is 1970. The molecule has 0 amide bonds. The van der Waals surface area contributed by atoms with Crippen LogP contribution >= 0.6 is 0 Å². The second-order valence-corrected chi connectivity index (χ2v) is 14.9. The second-order valence-electron chi connectivity index (χ2n) is 14.9. The highest BCUT2D eigenvalue weighted by atomic mass is 14.2. The van der Waals surface area contributed by atoms with Crippen molar-refractivity contribution in [3.8, 4) is 0 Å². The molecule has 1 heteroatoms. The third-order valence-corrected chi connectivity index (χ3v) is 9.74. The molecule has 0 saturated heterocycles. The quantitative estimate of drug-likeness (QED) is 0.149. The minimum absolute atomic E-state index is 0.0405. The summed E-state index contributed by atoms with van der Waals surface area (Å²) in [4.78, 5) is 0. The van der Waals surface area contributed by atoms with Gasteiger partial charge in [-0.2, -0.15) is 0 Å². The fourth-order valence-electron chi connectivity index (χ4n) is 6.87. The summed E-state index contributed by atoms with van der Waals surface area (Å²) in [5.41, 5.74) is 12.4. The molecule has 0 fully saturated rings. The topological polar surface area (TPSA) is 0 Å². The summed E-state index contributed by atoms with van der Waals surface area (Å²) < 4.78 is 0. The van der Waals surface area contributed by atoms with E-state index in [1.54, 1.807) is 0 Å². The molecule has 6 rings (SSSR count). The molecule has 0 saturated carbocycles. The molecule has 0 atom stereocenters. The van der Waals surface area contributed by atoms with Gasteiger partial charge < -0.3 is 0 Å². The Balaban J connectivity index is 1.79. The van der Waals surface area contributed by atoms with Crippen LogP contribution in [0.15, 0.2) is 91.0 Å². The van der Waals surface area contributed by atoms with Crippen LogP contribution in [0.25, 0.3) is 32.3 Å². The number of hydrogen-bond acceptors (Lipinski definition) is 0. The normalized spacial score (nSPS) is 12.4. The summed E-state index contributed by atoms with van der Waals surface area (Å²) in [5, 5.41) is 8.01. The highest BCUT2D eigenvalue weighted by molar-refractivity contribution is 6.97. The Morgan fingerprint density at radius 2 is 0.860 bits per heavy atom. The van der Waals surface area contributed by atoms with E-state index in [1.165, 1.54) is 82.1 Å². The largest absolute Gasteiger partial charge is 0.242 e. The monoisotopic (exact) mass is 560 g/mol. The Morgan fingerprint density at radius 1 is 0.419 bits per heavy atom. The first-order valence-electron chi connectivity index (χ1n) is 15.8. The van der Waals surface area contributed by atoms with E-state index in [9.17, 15) is 0 Å². The molecule has 43 heavy (non-hydrogen) atoms. The maximum atomic E-state index is 2.52. The van der Waals surface area contributed by atoms with E-state index in [4.69, 9.17) is 0 Å². The van der Waals surface area contributed by atoms with Gasteiger partial charge in [0.05, 0.1) is 0 Å². The van der Waals surface area contributed by atoms with E-state index in [-0.39, 0.29) is 17.5 Å². The molecular formula is C42H45B. The smallest absolute Gasteiger partial charge is 0.0681 e. The zero-order valence-electron chi connectivity index (χ0n) is 27.7. The van der Waals surface area contributed by atoms with Crippen molar-refractivity contribution in [2.45, 2.75) is 80.1 Å². The van der Waals surface area contributed by atoms with Gasteiger partial charge in [0, 0.05) is 0 Å². The Hall–Kier alpha value is -3.84. The van der Waals surface area contributed by atoms with Crippen LogP contribution in [0.4, 0.5) is 0 Å². The summed E-state index contributed by atoms with van der Waals surface area (Å²) >= 11 is 0. The Kier molecular flexibility index (Phi) is 7.08. The van der Waals surface area contributed by atoms with Crippen LogP contribution in [0.1, 0.15) is 74.9 Å². The fourth-order valence-corrected chi connectivity index (χ4v) is 6.87. The summed E-state index contributed by atoms with van der Waals surface area (Å²) in [5.74, 6) is 0. The van der Waals surface area contributed by atoms with E-state index in [1.807, 2.05) is 0 Å². The third-order valence-electron chi connectivity index (χ3n) is 9.74. The van der Waals surface area contributed by atoms with Gasteiger partial charge in [0.15, 0.2) is 0 Å². The minimum atomic E-state index is 0.0405. The van der Waals surface area contributed by atoms with Crippen LogP contribution in [0, 0.1) is 27.7 Å². The van der Waals surface area contributed by atoms with Gasteiger partial charge in [-0.15, -0.1) is 0 Å². The van der Waals surface area contributed by atoms with Crippen LogP contribution in [-0.2, 0) is 10.8 Å². The summed E-state index contributed by atoms with van der Waals surface area (Å²) in [6, 6.07) is 35.2. The van der Waals surface area contributed by atoms with E-state index >= 15 is 0 Å². The van der Waals surface area contributed by atoms with E-state index < -0.39 is 0 Å².